The molecule has 90 valence electrons. The third kappa shape index (κ3) is 2.75. The van der Waals surface area contributed by atoms with Crippen LogP contribution in [0.2, 0.25) is 0 Å². The maximum atomic E-state index is 8.57. The van der Waals surface area contributed by atoms with E-state index in [2.05, 4.69) is 15.5 Å². The molecule has 5 nitrogen and oxygen atoms in total. The number of para-hydroxylation sites is 1. The summed E-state index contributed by atoms with van der Waals surface area (Å²) in [4.78, 5) is 4.30. The second kappa shape index (κ2) is 5.34. The highest BCUT2D eigenvalue weighted by molar-refractivity contribution is 5.88. The zero-order chi connectivity index (χ0) is 12.1. The molecule has 1 aliphatic rings. The van der Waals surface area contributed by atoms with Crippen LogP contribution in [0, 0.1) is 0 Å². The number of rotatable bonds is 4. The predicted molar refractivity (Wildman–Crippen MR) is 66.2 cm³/mol. The Morgan fingerprint density at radius 1 is 1.53 bits per heavy atom. The Morgan fingerprint density at radius 2 is 2.35 bits per heavy atom. The summed E-state index contributed by atoms with van der Waals surface area (Å²) in [6.45, 7) is 3.59. The summed E-state index contributed by atoms with van der Waals surface area (Å²) in [5.41, 5.74) is 0.737. The van der Waals surface area contributed by atoms with E-state index in [9.17, 15) is 0 Å². The molecule has 5 heteroatoms. The van der Waals surface area contributed by atoms with Crippen molar-refractivity contribution in [1.29, 1.82) is 0 Å². The third-order valence-electron chi connectivity index (χ3n) is 2.50. The van der Waals surface area contributed by atoms with Crippen LogP contribution in [0.25, 0.3) is 0 Å². The van der Waals surface area contributed by atoms with E-state index < -0.39 is 0 Å². The Hall–Kier alpha value is -2.04. The molecule has 0 saturated heterocycles. The molecule has 1 heterocycles. The highest BCUT2D eigenvalue weighted by atomic mass is 16.5. The summed E-state index contributed by atoms with van der Waals surface area (Å²) >= 11 is 0. The van der Waals surface area contributed by atoms with E-state index in [0.29, 0.717) is 5.75 Å². The summed E-state index contributed by atoms with van der Waals surface area (Å²) in [7, 11) is 0. The zero-order valence-corrected chi connectivity index (χ0v) is 9.63. The second-order valence-electron chi connectivity index (χ2n) is 3.74. The van der Waals surface area contributed by atoms with E-state index in [4.69, 9.17) is 9.94 Å². The van der Waals surface area contributed by atoms with Gasteiger partial charge in [0.1, 0.15) is 11.6 Å². The molecule has 1 atom stereocenters. The maximum absolute atomic E-state index is 8.57. The minimum Gasteiger partial charge on any atom is -0.482 e. The van der Waals surface area contributed by atoms with Crippen molar-refractivity contribution >= 4 is 12.1 Å². The smallest absolute Gasteiger partial charge is 0.152 e. The first-order chi connectivity index (χ1) is 8.31. The number of oxime groups is 1. The largest absolute Gasteiger partial charge is 0.482 e. The van der Waals surface area contributed by atoms with E-state index in [1.54, 1.807) is 0 Å². The number of hydrogen-bond donors (Lipinski definition) is 2. The van der Waals surface area contributed by atoms with Crippen LogP contribution in [0.1, 0.15) is 12.5 Å². The lowest BCUT2D eigenvalue weighted by molar-refractivity contribution is 0.283. The van der Waals surface area contributed by atoms with Crippen LogP contribution in [-0.4, -0.2) is 36.5 Å². The van der Waals surface area contributed by atoms with Gasteiger partial charge >= 0.3 is 0 Å². The van der Waals surface area contributed by atoms with Crippen molar-refractivity contribution in [2.24, 2.45) is 10.1 Å². The van der Waals surface area contributed by atoms with Crippen LogP contribution in [0.5, 0.6) is 5.75 Å². The number of ether oxygens (including phenoxy) is 1. The molecule has 17 heavy (non-hydrogen) atoms. The molecule has 0 bridgehead atoms. The first-order valence-corrected chi connectivity index (χ1v) is 5.52. The average molecular weight is 233 g/mol. The van der Waals surface area contributed by atoms with Crippen molar-refractivity contribution in [2.75, 3.05) is 13.1 Å². The Kier molecular flexibility index (Phi) is 3.59. The minimum absolute atomic E-state index is 0.134. The van der Waals surface area contributed by atoms with Gasteiger partial charge in [-0.2, -0.15) is 0 Å². The van der Waals surface area contributed by atoms with Crippen molar-refractivity contribution in [3.8, 4) is 5.75 Å². The highest BCUT2D eigenvalue weighted by Crippen LogP contribution is 2.18. The standard InChI is InChI=1S/C12H15N3O2/c1-9(12-13-6-7-14-12)17-11-5-3-2-4-10(11)8-15-16/h2-5,8-9,16H,6-7H2,1H3,(H,13,14)/t9-/m1/s1. The van der Waals surface area contributed by atoms with Gasteiger partial charge in [0.2, 0.25) is 0 Å². The topological polar surface area (TPSA) is 66.2 Å². The minimum atomic E-state index is -0.134. The Bertz CT molecular complexity index is 443. The molecule has 2 N–H and O–H groups in total. The lowest BCUT2D eigenvalue weighted by Gasteiger charge is -2.16. The average Bonchev–Trinajstić information content (AvgIpc) is 2.85. The summed E-state index contributed by atoms with van der Waals surface area (Å²) in [6.07, 6.45) is 1.22. The van der Waals surface area contributed by atoms with Gasteiger partial charge in [-0.25, -0.2) is 0 Å². The SMILES string of the molecule is C[C@@H](Oc1ccccc1C=NO)C1=NCCN1. The van der Waals surface area contributed by atoms with Crippen molar-refractivity contribution < 1.29 is 9.94 Å². The Morgan fingerprint density at radius 3 is 3.06 bits per heavy atom. The van der Waals surface area contributed by atoms with Crippen LogP contribution in [0.3, 0.4) is 0 Å². The van der Waals surface area contributed by atoms with Gasteiger partial charge in [-0.05, 0) is 19.1 Å². The van der Waals surface area contributed by atoms with E-state index in [-0.39, 0.29) is 6.10 Å². The molecule has 0 radical (unpaired) electrons. The number of nitrogens with one attached hydrogen (secondary N) is 1. The molecule has 0 aromatic heterocycles. The Labute approximate surface area is 99.8 Å². The van der Waals surface area contributed by atoms with Crippen molar-refractivity contribution in [1.82, 2.24) is 5.32 Å². The number of nitrogens with zero attached hydrogens (tertiary/aromatic N) is 2. The lowest BCUT2D eigenvalue weighted by atomic mass is 10.2. The molecule has 0 amide bonds. The van der Waals surface area contributed by atoms with Gasteiger partial charge in [0.05, 0.1) is 12.8 Å². The molecular weight excluding hydrogens is 218 g/mol. The van der Waals surface area contributed by atoms with Crippen LogP contribution >= 0.6 is 0 Å². The van der Waals surface area contributed by atoms with Crippen LogP contribution < -0.4 is 10.1 Å². The lowest BCUT2D eigenvalue weighted by Crippen LogP contribution is -2.33. The summed E-state index contributed by atoms with van der Waals surface area (Å²) < 4.78 is 5.79. The summed E-state index contributed by atoms with van der Waals surface area (Å²) in [5, 5.41) is 14.8. The van der Waals surface area contributed by atoms with Crippen LogP contribution in [-0.2, 0) is 0 Å². The maximum Gasteiger partial charge on any atom is 0.152 e. The van der Waals surface area contributed by atoms with Crippen LogP contribution in [0.15, 0.2) is 34.4 Å². The fourth-order valence-electron chi connectivity index (χ4n) is 1.69. The first-order valence-electron chi connectivity index (χ1n) is 5.52. The van der Waals surface area contributed by atoms with Gasteiger partial charge in [-0.3, -0.25) is 4.99 Å². The number of benzene rings is 1. The molecule has 1 aromatic carbocycles. The fraction of sp³-hybridized carbons (Fsp3) is 0.333. The van der Waals surface area contributed by atoms with Gasteiger partial charge in [0, 0.05) is 12.1 Å². The molecule has 1 aromatic rings. The third-order valence-corrected chi connectivity index (χ3v) is 2.50. The molecule has 0 aliphatic carbocycles. The monoisotopic (exact) mass is 233 g/mol. The molecule has 0 unspecified atom stereocenters. The molecule has 0 fully saturated rings. The van der Waals surface area contributed by atoms with Gasteiger partial charge in [-0.1, -0.05) is 17.3 Å². The van der Waals surface area contributed by atoms with Gasteiger partial charge in [-0.15, -0.1) is 0 Å². The number of amidine groups is 1. The molecule has 0 saturated carbocycles. The first kappa shape index (κ1) is 11.4. The van der Waals surface area contributed by atoms with Gasteiger partial charge < -0.3 is 15.3 Å². The summed E-state index contributed by atoms with van der Waals surface area (Å²) in [5.74, 6) is 1.54. The predicted octanol–water partition coefficient (Wildman–Crippen LogP) is 1.26. The number of hydrogen-bond acceptors (Lipinski definition) is 5. The summed E-state index contributed by atoms with van der Waals surface area (Å²) in [6, 6.07) is 7.40. The Balaban J connectivity index is 2.12. The molecule has 0 spiro atoms. The number of aliphatic imine (C=N–C) groups is 1. The van der Waals surface area contributed by atoms with E-state index in [0.717, 1.165) is 24.5 Å². The molecular formula is C12H15N3O2. The normalized spacial score (nSPS) is 16.6. The van der Waals surface area contributed by atoms with Crippen molar-refractivity contribution in [3.05, 3.63) is 29.8 Å². The van der Waals surface area contributed by atoms with Crippen molar-refractivity contribution in [3.63, 3.8) is 0 Å². The fourth-order valence-corrected chi connectivity index (χ4v) is 1.69. The zero-order valence-electron chi connectivity index (χ0n) is 9.63. The highest BCUT2D eigenvalue weighted by Gasteiger charge is 2.16. The molecule has 1 aliphatic heterocycles. The van der Waals surface area contributed by atoms with Gasteiger partial charge in [0.15, 0.2) is 6.10 Å². The van der Waals surface area contributed by atoms with E-state index in [1.807, 2.05) is 31.2 Å². The second-order valence-corrected chi connectivity index (χ2v) is 3.74. The van der Waals surface area contributed by atoms with Crippen molar-refractivity contribution in [2.45, 2.75) is 13.0 Å². The van der Waals surface area contributed by atoms with Gasteiger partial charge in [0.25, 0.3) is 0 Å². The quantitative estimate of drug-likeness (QED) is 0.467. The van der Waals surface area contributed by atoms with E-state index in [1.165, 1.54) is 6.21 Å². The van der Waals surface area contributed by atoms with E-state index >= 15 is 0 Å². The molecule has 2 rings (SSSR count). The van der Waals surface area contributed by atoms with Crippen LogP contribution in [0.4, 0.5) is 0 Å².